The molecule has 128 valence electrons. The maximum Gasteiger partial charge on any atom is 0.319 e. The van der Waals surface area contributed by atoms with Crippen LogP contribution in [0.5, 0.6) is 0 Å². The number of halogens is 1. The van der Waals surface area contributed by atoms with Crippen molar-refractivity contribution in [1.82, 2.24) is 30.0 Å². The van der Waals surface area contributed by atoms with E-state index in [1.807, 2.05) is 6.92 Å². The highest BCUT2D eigenvalue weighted by molar-refractivity contribution is 6.31. The lowest BCUT2D eigenvalue weighted by Gasteiger charge is -2.15. The number of hydrogen-bond acceptors (Lipinski definition) is 5. The highest BCUT2D eigenvalue weighted by atomic mass is 35.5. The molecule has 0 bridgehead atoms. The number of amides is 2. The molecule has 0 saturated heterocycles. The predicted octanol–water partition coefficient (Wildman–Crippen LogP) is 2.90. The summed E-state index contributed by atoms with van der Waals surface area (Å²) in [4.78, 5) is 24.7. The number of nitrogens with zero attached hydrogens (tertiary/aromatic N) is 5. The number of anilines is 1. The van der Waals surface area contributed by atoms with Gasteiger partial charge in [-0.15, -0.1) is 0 Å². The number of hydrogen-bond donors (Lipinski definition) is 2. The third-order valence-electron chi connectivity index (χ3n) is 3.47. The monoisotopic (exact) mass is 357 g/mol. The van der Waals surface area contributed by atoms with Gasteiger partial charge in [-0.05, 0) is 43.7 Å². The summed E-state index contributed by atoms with van der Waals surface area (Å²) in [6, 6.07) is 6.22. The first-order valence-electron chi connectivity index (χ1n) is 7.55. The lowest BCUT2D eigenvalue weighted by Crippen LogP contribution is -2.32. The van der Waals surface area contributed by atoms with E-state index in [-0.39, 0.29) is 6.03 Å². The first-order valence-corrected chi connectivity index (χ1v) is 7.93. The lowest BCUT2D eigenvalue weighted by atomic mass is 10.2. The van der Waals surface area contributed by atoms with Crippen molar-refractivity contribution in [2.45, 2.75) is 19.9 Å². The Balaban J connectivity index is 1.70. The summed E-state index contributed by atoms with van der Waals surface area (Å²) < 4.78 is 1.48. The van der Waals surface area contributed by atoms with Crippen molar-refractivity contribution in [2.75, 3.05) is 5.32 Å². The molecule has 2 aromatic heterocycles. The van der Waals surface area contributed by atoms with E-state index in [9.17, 15) is 4.79 Å². The zero-order valence-corrected chi connectivity index (χ0v) is 14.4. The molecule has 0 aliphatic rings. The van der Waals surface area contributed by atoms with Crippen LogP contribution in [0, 0.1) is 6.92 Å². The van der Waals surface area contributed by atoms with Crippen LogP contribution in [-0.2, 0) is 0 Å². The highest BCUT2D eigenvalue weighted by Crippen LogP contribution is 2.19. The maximum atomic E-state index is 12.2. The number of rotatable bonds is 4. The zero-order chi connectivity index (χ0) is 17.8. The molecule has 3 aromatic rings. The van der Waals surface area contributed by atoms with Gasteiger partial charge in [0.2, 0.25) is 0 Å². The molecule has 0 radical (unpaired) electrons. The largest absolute Gasteiger partial charge is 0.328 e. The van der Waals surface area contributed by atoms with Gasteiger partial charge in [0.1, 0.15) is 6.33 Å². The van der Waals surface area contributed by atoms with Gasteiger partial charge in [-0.1, -0.05) is 11.6 Å². The van der Waals surface area contributed by atoms with Crippen molar-refractivity contribution in [3.05, 3.63) is 59.4 Å². The third kappa shape index (κ3) is 3.92. The zero-order valence-electron chi connectivity index (χ0n) is 13.6. The molecule has 0 saturated carbocycles. The normalized spacial score (nSPS) is 11.8. The second-order valence-corrected chi connectivity index (χ2v) is 5.77. The fourth-order valence-electron chi connectivity index (χ4n) is 2.25. The molecule has 1 atom stereocenters. The molecule has 2 heterocycles. The van der Waals surface area contributed by atoms with Crippen LogP contribution in [0.15, 0.2) is 43.0 Å². The van der Waals surface area contributed by atoms with Crippen molar-refractivity contribution in [3.8, 4) is 5.95 Å². The summed E-state index contributed by atoms with van der Waals surface area (Å²) in [6.45, 7) is 3.67. The molecule has 1 unspecified atom stereocenters. The van der Waals surface area contributed by atoms with Gasteiger partial charge in [-0.2, -0.15) is 9.78 Å². The Hall–Kier alpha value is -3.00. The molecule has 2 N–H and O–H groups in total. The Morgan fingerprint density at radius 1 is 1.24 bits per heavy atom. The SMILES string of the molecule is Cc1cc(NC(=O)NC(C)c2ncnn2-c2ncccn2)ccc1Cl. The number of carbonyl (C=O) groups excluding carboxylic acids is 1. The number of urea groups is 1. The van der Waals surface area contributed by atoms with E-state index in [4.69, 9.17) is 11.6 Å². The molecular weight excluding hydrogens is 342 g/mol. The molecule has 0 spiro atoms. The van der Waals surface area contributed by atoms with Crippen LogP contribution in [-0.4, -0.2) is 30.8 Å². The fourth-order valence-corrected chi connectivity index (χ4v) is 2.37. The van der Waals surface area contributed by atoms with Gasteiger partial charge in [0.25, 0.3) is 5.95 Å². The summed E-state index contributed by atoms with van der Waals surface area (Å²) in [5, 5.41) is 10.3. The van der Waals surface area contributed by atoms with Gasteiger partial charge in [-0.3, -0.25) is 0 Å². The van der Waals surface area contributed by atoms with Gasteiger partial charge >= 0.3 is 6.03 Å². The van der Waals surface area contributed by atoms with Crippen molar-refractivity contribution >= 4 is 23.3 Å². The van der Waals surface area contributed by atoms with E-state index < -0.39 is 6.04 Å². The molecule has 25 heavy (non-hydrogen) atoms. The number of nitrogens with one attached hydrogen (secondary N) is 2. The molecule has 1 aromatic carbocycles. The van der Waals surface area contributed by atoms with Gasteiger partial charge in [0, 0.05) is 23.1 Å². The Bertz CT molecular complexity index is 881. The number of benzene rings is 1. The first kappa shape index (κ1) is 16.8. The summed E-state index contributed by atoms with van der Waals surface area (Å²) in [5.74, 6) is 0.908. The van der Waals surface area contributed by atoms with Crippen molar-refractivity contribution in [3.63, 3.8) is 0 Å². The van der Waals surface area contributed by atoms with Crippen LogP contribution in [0.2, 0.25) is 5.02 Å². The minimum Gasteiger partial charge on any atom is -0.328 e. The molecule has 2 amide bonds. The lowest BCUT2D eigenvalue weighted by molar-refractivity contribution is 0.248. The molecule has 0 aliphatic heterocycles. The Labute approximate surface area is 149 Å². The van der Waals surface area contributed by atoms with E-state index in [0.29, 0.717) is 22.5 Å². The average molecular weight is 358 g/mol. The van der Waals surface area contributed by atoms with Gasteiger partial charge in [-0.25, -0.2) is 19.7 Å². The van der Waals surface area contributed by atoms with Crippen LogP contribution in [0.4, 0.5) is 10.5 Å². The molecule has 3 rings (SSSR count). The van der Waals surface area contributed by atoms with Crippen molar-refractivity contribution in [2.24, 2.45) is 0 Å². The summed E-state index contributed by atoms with van der Waals surface area (Å²) in [7, 11) is 0. The summed E-state index contributed by atoms with van der Waals surface area (Å²) >= 11 is 5.99. The number of aryl methyl sites for hydroxylation is 1. The number of carbonyl (C=O) groups is 1. The molecule has 9 heteroatoms. The van der Waals surface area contributed by atoms with Crippen LogP contribution in [0.1, 0.15) is 24.4 Å². The van der Waals surface area contributed by atoms with Gasteiger partial charge < -0.3 is 10.6 Å². The maximum absolute atomic E-state index is 12.2. The first-order chi connectivity index (χ1) is 12.0. The molecule has 0 aliphatic carbocycles. The second-order valence-electron chi connectivity index (χ2n) is 5.36. The minimum absolute atomic E-state index is 0.363. The van der Waals surface area contributed by atoms with E-state index in [0.717, 1.165) is 5.56 Å². The standard InChI is InChI=1S/C16H16ClN7O/c1-10-8-12(4-5-13(10)17)23-16(25)22-11(2)14-20-9-21-24(14)15-18-6-3-7-19-15/h3-9,11H,1-2H3,(H2,22,23,25). The van der Waals surface area contributed by atoms with E-state index in [2.05, 4.69) is 30.7 Å². The summed E-state index contributed by atoms with van der Waals surface area (Å²) in [6.07, 6.45) is 4.62. The van der Waals surface area contributed by atoms with Crippen molar-refractivity contribution in [1.29, 1.82) is 0 Å². The van der Waals surface area contributed by atoms with Gasteiger partial charge in [0.15, 0.2) is 5.82 Å². The van der Waals surface area contributed by atoms with E-state index in [1.54, 1.807) is 43.6 Å². The topological polar surface area (TPSA) is 97.6 Å². The van der Waals surface area contributed by atoms with E-state index in [1.165, 1.54) is 11.0 Å². The molecular formula is C16H16ClN7O. The van der Waals surface area contributed by atoms with E-state index >= 15 is 0 Å². The Kier molecular flexibility index (Phi) is 4.90. The van der Waals surface area contributed by atoms with Gasteiger partial charge in [0.05, 0.1) is 6.04 Å². The second kappa shape index (κ2) is 7.27. The van der Waals surface area contributed by atoms with Crippen LogP contribution in [0.3, 0.4) is 0 Å². The van der Waals surface area contributed by atoms with Crippen molar-refractivity contribution < 1.29 is 4.79 Å². The fraction of sp³-hybridized carbons (Fsp3) is 0.188. The number of aromatic nitrogens is 5. The smallest absolute Gasteiger partial charge is 0.319 e. The van der Waals surface area contributed by atoms with Crippen LogP contribution >= 0.6 is 11.6 Å². The third-order valence-corrected chi connectivity index (χ3v) is 3.89. The van der Waals surface area contributed by atoms with Crippen LogP contribution in [0.25, 0.3) is 5.95 Å². The minimum atomic E-state index is -0.403. The Morgan fingerprint density at radius 3 is 2.72 bits per heavy atom. The predicted molar refractivity (Wildman–Crippen MR) is 93.7 cm³/mol. The van der Waals surface area contributed by atoms with Crippen LogP contribution < -0.4 is 10.6 Å². The Morgan fingerprint density at radius 2 is 2.00 bits per heavy atom. The molecule has 8 nitrogen and oxygen atoms in total. The highest BCUT2D eigenvalue weighted by Gasteiger charge is 2.18. The summed E-state index contributed by atoms with van der Waals surface area (Å²) in [5.41, 5.74) is 1.54. The quantitative estimate of drug-likeness (QED) is 0.748. The molecule has 0 fully saturated rings. The average Bonchev–Trinajstić information content (AvgIpc) is 3.09.